The van der Waals surface area contributed by atoms with E-state index in [4.69, 9.17) is 4.52 Å². The second kappa shape index (κ2) is 5.19. The maximum atomic E-state index is 12.9. The van der Waals surface area contributed by atoms with E-state index in [0.29, 0.717) is 11.7 Å². The fourth-order valence-corrected chi connectivity index (χ4v) is 4.07. The lowest BCUT2D eigenvalue weighted by Crippen LogP contribution is -2.31. The Morgan fingerprint density at radius 3 is 2.86 bits per heavy atom. The van der Waals surface area contributed by atoms with Crippen LogP contribution in [0.25, 0.3) is 0 Å². The molecule has 2 aromatic heterocycles. The molecule has 1 atom stereocenters. The van der Waals surface area contributed by atoms with Crippen LogP contribution in [0, 0.1) is 13.8 Å². The van der Waals surface area contributed by atoms with Crippen molar-refractivity contribution in [3.05, 3.63) is 33.1 Å². The van der Waals surface area contributed by atoms with Crippen molar-refractivity contribution in [1.29, 1.82) is 0 Å². The molecule has 1 saturated heterocycles. The highest BCUT2D eigenvalue weighted by atomic mass is 32.1. The first-order valence-electron chi connectivity index (χ1n) is 7.85. The SMILES string of the molecule is Cc1cc(C(=O)N2CCCC2c2noc(C3CC3)n2)c(C)s1. The topological polar surface area (TPSA) is 59.2 Å². The second-order valence-electron chi connectivity index (χ2n) is 6.25. The van der Waals surface area contributed by atoms with Crippen LogP contribution < -0.4 is 0 Å². The molecule has 1 unspecified atom stereocenters. The van der Waals surface area contributed by atoms with Gasteiger partial charge >= 0.3 is 0 Å². The summed E-state index contributed by atoms with van der Waals surface area (Å²) in [4.78, 5) is 21.6. The Morgan fingerprint density at radius 2 is 2.18 bits per heavy atom. The zero-order valence-electron chi connectivity index (χ0n) is 12.8. The quantitative estimate of drug-likeness (QED) is 0.868. The molecule has 1 saturated carbocycles. The van der Waals surface area contributed by atoms with Gasteiger partial charge < -0.3 is 9.42 Å². The van der Waals surface area contributed by atoms with Gasteiger partial charge in [-0.25, -0.2) is 0 Å². The summed E-state index contributed by atoms with van der Waals surface area (Å²) in [6, 6.07) is 1.95. The number of aryl methyl sites for hydroxylation is 2. The van der Waals surface area contributed by atoms with Gasteiger partial charge in [-0.1, -0.05) is 5.16 Å². The Morgan fingerprint density at radius 1 is 1.36 bits per heavy atom. The summed E-state index contributed by atoms with van der Waals surface area (Å²) >= 11 is 1.67. The minimum atomic E-state index is -0.0386. The van der Waals surface area contributed by atoms with Gasteiger partial charge in [-0.2, -0.15) is 4.98 Å². The molecule has 5 nitrogen and oxygen atoms in total. The molecule has 1 amide bonds. The Kier molecular flexibility index (Phi) is 3.29. The molecule has 1 aliphatic heterocycles. The van der Waals surface area contributed by atoms with Crippen LogP contribution in [-0.2, 0) is 0 Å². The van der Waals surface area contributed by atoms with Crippen molar-refractivity contribution in [2.24, 2.45) is 0 Å². The van der Waals surface area contributed by atoms with E-state index < -0.39 is 0 Å². The van der Waals surface area contributed by atoms with Crippen molar-refractivity contribution >= 4 is 17.2 Å². The molecule has 6 heteroatoms. The third kappa shape index (κ3) is 2.35. The highest BCUT2D eigenvalue weighted by molar-refractivity contribution is 7.12. The summed E-state index contributed by atoms with van der Waals surface area (Å²) in [5.74, 6) is 1.98. The van der Waals surface area contributed by atoms with Crippen LogP contribution in [0.2, 0.25) is 0 Å². The number of aromatic nitrogens is 2. The molecule has 4 rings (SSSR count). The van der Waals surface area contributed by atoms with E-state index in [1.54, 1.807) is 11.3 Å². The highest BCUT2D eigenvalue weighted by Crippen LogP contribution is 2.40. The fraction of sp³-hybridized carbons (Fsp3) is 0.562. The van der Waals surface area contributed by atoms with Gasteiger partial charge in [-0.05, 0) is 45.6 Å². The van der Waals surface area contributed by atoms with Crippen molar-refractivity contribution in [1.82, 2.24) is 15.0 Å². The van der Waals surface area contributed by atoms with E-state index in [0.717, 1.165) is 48.6 Å². The number of amides is 1. The first-order valence-corrected chi connectivity index (χ1v) is 8.66. The van der Waals surface area contributed by atoms with Gasteiger partial charge in [-0.3, -0.25) is 4.79 Å². The summed E-state index contributed by atoms with van der Waals surface area (Å²) in [5, 5.41) is 4.14. The summed E-state index contributed by atoms with van der Waals surface area (Å²) in [7, 11) is 0. The normalized spacial score (nSPS) is 21.5. The predicted molar refractivity (Wildman–Crippen MR) is 83.1 cm³/mol. The number of hydrogen-bond acceptors (Lipinski definition) is 5. The summed E-state index contributed by atoms with van der Waals surface area (Å²) in [6.07, 6.45) is 4.19. The minimum Gasteiger partial charge on any atom is -0.339 e. The molecule has 116 valence electrons. The Hall–Kier alpha value is -1.69. The number of carbonyl (C=O) groups excluding carboxylic acids is 1. The molecule has 3 heterocycles. The number of hydrogen-bond donors (Lipinski definition) is 0. The third-order valence-corrected chi connectivity index (χ3v) is 5.43. The van der Waals surface area contributed by atoms with E-state index in [9.17, 15) is 4.79 Å². The number of carbonyl (C=O) groups is 1. The fourth-order valence-electron chi connectivity index (χ4n) is 3.15. The first-order chi connectivity index (χ1) is 10.6. The average molecular weight is 317 g/mol. The molecule has 22 heavy (non-hydrogen) atoms. The summed E-state index contributed by atoms with van der Waals surface area (Å²) in [6.45, 7) is 4.82. The zero-order valence-corrected chi connectivity index (χ0v) is 13.7. The molecule has 0 aromatic carbocycles. The van der Waals surface area contributed by atoms with E-state index in [2.05, 4.69) is 10.1 Å². The van der Waals surface area contributed by atoms with Crippen molar-refractivity contribution < 1.29 is 9.32 Å². The maximum Gasteiger partial charge on any atom is 0.255 e. The molecular formula is C16H19N3O2S. The highest BCUT2D eigenvalue weighted by Gasteiger charge is 2.36. The number of nitrogens with zero attached hydrogens (tertiary/aromatic N) is 3. The van der Waals surface area contributed by atoms with Crippen LogP contribution in [0.1, 0.15) is 69.5 Å². The van der Waals surface area contributed by atoms with Crippen LogP contribution in [0.4, 0.5) is 0 Å². The van der Waals surface area contributed by atoms with Crippen LogP contribution in [0.5, 0.6) is 0 Å². The van der Waals surface area contributed by atoms with Crippen LogP contribution >= 0.6 is 11.3 Å². The van der Waals surface area contributed by atoms with Gasteiger partial charge in [0.25, 0.3) is 5.91 Å². The molecule has 0 radical (unpaired) electrons. The van der Waals surface area contributed by atoms with E-state index in [-0.39, 0.29) is 11.9 Å². The molecule has 2 fully saturated rings. The number of likely N-dealkylation sites (tertiary alicyclic amines) is 1. The largest absolute Gasteiger partial charge is 0.339 e. The minimum absolute atomic E-state index is 0.0386. The van der Waals surface area contributed by atoms with E-state index in [1.165, 1.54) is 4.88 Å². The first kappa shape index (κ1) is 13.9. The molecule has 0 N–H and O–H groups in total. The second-order valence-corrected chi connectivity index (χ2v) is 7.71. The van der Waals surface area contributed by atoms with Crippen LogP contribution in [0.3, 0.4) is 0 Å². The summed E-state index contributed by atoms with van der Waals surface area (Å²) < 4.78 is 5.37. The third-order valence-electron chi connectivity index (χ3n) is 4.47. The molecule has 0 spiro atoms. The van der Waals surface area contributed by atoms with Gasteiger partial charge in [0, 0.05) is 22.2 Å². The molecular weight excluding hydrogens is 298 g/mol. The van der Waals surface area contributed by atoms with Gasteiger partial charge in [0.15, 0.2) is 5.82 Å². The molecule has 0 bridgehead atoms. The van der Waals surface area contributed by atoms with E-state index in [1.807, 2.05) is 24.8 Å². The van der Waals surface area contributed by atoms with Crippen molar-refractivity contribution in [2.75, 3.05) is 6.54 Å². The Bertz CT molecular complexity index is 717. The monoisotopic (exact) mass is 317 g/mol. The lowest BCUT2D eigenvalue weighted by atomic mass is 10.1. The molecule has 2 aliphatic rings. The van der Waals surface area contributed by atoms with Crippen molar-refractivity contribution in [3.8, 4) is 0 Å². The number of rotatable bonds is 3. The maximum absolute atomic E-state index is 12.9. The molecule has 2 aromatic rings. The molecule has 1 aliphatic carbocycles. The van der Waals surface area contributed by atoms with Gasteiger partial charge in [-0.15, -0.1) is 11.3 Å². The summed E-state index contributed by atoms with van der Waals surface area (Å²) in [5.41, 5.74) is 0.820. The van der Waals surface area contributed by atoms with Crippen molar-refractivity contribution in [3.63, 3.8) is 0 Å². The number of thiophene rings is 1. The van der Waals surface area contributed by atoms with Crippen molar-refractivity contribution in [2.45, 2.75) is 51.5 Å². The van der Waals surface area contributed by atoms with Gasteiger partial charge in [0.1, 0.15) is 0 Å². The van der Waals surface area contributed by atoms with Gasteiger partial charge in [0.2, 0.25) is 5.89 Å². The van der Waals surface area contributed by atoms with Crippen LogP contribution in [-0.4, -0.2) is 27.5 Å². The lowest BCUT2D eigenvalue weighted by molar-refractivity contribution is 0.0728. The Labute approximate surface area is 133 Å². The van der Waals surface area contributed by atoms with Gasteiger partial charge in [0.05, 0.1) is 11.6 Å². The van der Waals surface area contributed by atoms with E-state index >= 15 is 0 Å². The lowest BCUT2D eigenvalue weighted by Gasteiger charge is -2.22. The average Bonchev–Trinajstić information content (AvgIpc) is 2.92. The zero-order chi connectivity index (χ0) is 15.3. The predicted octanol–water partition coefficient (Wildman–Crippen LogP) is 3.60. The van der Waals surface area contributed by atoms with Crippen LogP contribution in [0.15, 0.2) is 10.6 Å². The standard InChI is InChI=1S/C16H19N3O2S/c1-9-8-12(10(2)22-9)16(20)19-7-3-4-13(19)14-17-15(21-18-14)11-5-6-11/h8,11,13H,3-7H2,1-2H3. The Balaban J connectivity index is 1.59. The smallest absolute Gasteiger partial charge is 0.255 e.